The van der Waals surface area contributed by atoms with Gasteiger partial charge in [-0.2, -0.15) is 0 Å². The molecule has 0 saturated heterocycles. The van der Waals surface area contributed by atoms with Gasteiger partial charge < -0.3 is 4.74 Å². The van der Waals surface area contributed by atoms with Crippen LogP contribution in [0.3, 0.4) is 0 Å². The summed E-state index contributed by atoms with van der Waals surface area (Å²) in [7, 11) is 0. The van der Waals surface area contributed by atoms with E-state index in [-0.39, 0.29) is 23.9 Å². The maximum absolute atomic E-state index is 13.8. The molecule has 0 unspecified atom stereocenters. The van der Waals surface area contributed by atoms with Crippen molar-refractivity contribution < 1.29 is 18.3 Å². The fraction of sp³-hybridized carbons (Fsp3) is 0.417. The first kappa shape index (κ1) is 11.0. The number of rotatable bonds is 4. The molecule has 0 spiro atoms. The second-order valence-corrected chi connectivity index (χ2v) is 3.81. The van der Waals surface area contributed by atoms with Gasteiger partial charge in [0.25, 0.3) is 0 Å². The zero-order valence-corrected chi connectivity index (χ0v) is 8.93. The van der Waals surface area contributed by atoms with Crippen molar-refractivity contribution in [2.75, 3.05) is 6.61 Å². The summed E-state index contributed by atoms with van der Waals surface area (Å²) in [5.74, 6) is -2.44. The third-order valence-electron chi connectivity index (χ3n) is 2.55. The number of hydrogen-bond donors (Lipinski definition) is 0. The van der Waals surface area contributed by atoms with Crippen LogP contribution < -0.4 is 4.74 Å². The molecule has 1 aliphatic carbocycles. The summed E-state index contributed by atoms with van der Waals surface area (Å²) >= 11 is 0. The molecular formula is C12H12F2O2. The zero-order valence-electron chi connectivity index (χ0n) is 8.93. The average Bonchev–Trinajstić information content (AvgIpc) is 3.07. The monoisotopic (exact) mass is 226 g/mol. The lowest BCUT2D eigenvalue weighted by molar-refractivity contribution is 0.0962. The molecule has 2 nitrogen and oxygen atoms in total. The summed E-state index contributed by atoms with van der Waals surface area (Å²) in [6.07, 6.45) is 1.58. The van der Waals surface area contributed by atoms with E-state index in [1.807, 2.05) is 0 Å². The normalized spacial score (nSPS) is 14.9. The van der Waals surface area contributed by atoms with Gasteiger partial charge in [0.1, 0.15) is 0 Å². The number of hydrogen-bond acceptors (Lipinski definition) is 2. The molecule has 1 aromatic rings. The molecule has 0 radical (unpaired) electrons. The Labute approximate surface area is 92.2 Å². The van der Waals surface area contributed by atoms with E-state index < -0.39 is 17.4 Å². The Bertz CT molecular complexity index is 425. The number of carbonyl (C=O) groups excluding carboxylic acids is 1. The fourth-order valence-corrected chi connectivity index (χ4v) is 1.56. The van der Waals surface area contributed by atoms with E-state index >= 15 is 0 Å². The Hall–Kier alpha value is -1.45. The highest BCUT2D eigenvalue weighted by Crippen LogP contribution is 2.35. The first-order chi connectivity index (χ1) is 7.65. The SMILES string of the molecule is CCOc1c(F)ccc(C(=O)C2CC2)c1F. The summed E-state index contributed by atoms with van der Waals surface area (Å²) in [4.78, 5) is 11.7. The molecule has 0 bridgehead atoms. The average molecular weight is 226 g/mol. The van der Waals surface area contributed by atoms with Crippen LogP contribution in [0, 0.1) is 17.6 Å². The van der Waals surface area contributed by atoms with Crippen molar-refractivity contribution >= 4 is 5.78 Å². The van der Waals surface area contributed by atoms with Gasteiger partial charge in [-0.3, -0.25) is 4.79 Å². The highest BCUT2D eigenvalue weighted by atomic mass is 19.1. The van der Waals surface area contributed by atoms with Crippen molar-refractivity contribution in [3.63, 3.8) is 0 Å². The number of halogens is 2. The van der Waals surface area contributed by atoms with Crippen molar-refractivity contribution in [1.29, 1.82) is 0 Å². The summed E-state index contributed by atoms with van der Waals surface area (Å²) in [6, 6.07) is 2.26. The molecule has 0 heterocycles. The van der Waals surface area contributed by atoms with Crippen LogP contribution in [0.4, 0.5) is 8.78 Å². The van der Waals surface area contributed by atoms with Crippen LogP contribution in [-0.2, 0) is 0 Å². The van der Waals surface area contributed by atoms with Crippen LogP contribution in [0.1, 0.15) is 30.1 Å². The van der Waals surface area contributed by atoms with Crippen LogP contribution >= 0.6 is 0 Å². The molecule has 1 saturated carbocycles. The third-order valence-corrected chi connectivity index (χ3v) is 2.55. The van der Waals surface area contributed by atoms with Gasteiger partial charge in [-0.1, -0.05) is 0 Å². The van der Waals surface area contributed by atoms with E-state index in [9.17, 15) is 13.6 Å². The Morgan fingerprint density at radius 1 is 1.44 bits per heavy atom. The maximum atomic E-state index is 13.8. The molecule has 0 aliphatic heterocycles. The van der Waals surface area contributed by atoms with Gasteiger partial charge in [0.2, 0.25) is 0 Å². The molecule has 1 aromatic carbocycles. The van der Waals surface area contributed by atoms with E-state index in [0.717, 1.165) is 18.9 Å². The molecule has 0 atom stereocenters. The number of carbonyl (C=O) groups is 1. The Morgan fingerprint density at radius 3 is 2.69 bits per heavy atom. The zero-order chi connectivity index (χ0) is 11.7. The number of benzene rings is 1. The maximum Gasteiger partial charge on any atom is 0.191 e. The van der Waals surface area contributed by atoms with Crippen LogP contribution in [-0.4, -0.2) is 12.4 Å². The summed E-state index contributed by atoms with van der Waals surface area (Å²) in [6.45, 7) is 1.79. The summed E-state index contributed by atoms with van der Waals surface area (Å²) < 4.78 is 31.9. The van der Waals surface area contributed by atoms with E-state index in [4.69, 9.17) is 4.74 Å². The van der Waals surface area contributed by atoms with Crippen molar-refractivity contribution in [2.24, 2.45) is 5.92 Å². The minimum absolute atomic E-state index is 0.0626. The van der Waals surface area contributed by atoms with Crippen molar-refractivity contribution in [1.82, 2.24) is 0 Å². The largest absolute Gasteiger partial charge is 0.488 e. The van der Waals surface area contributed by atoms with Gasteiger partial charge in [-0.15, -0.1) is 0 Å². The van der Waals surface area contributed by atoms with Crippen LogP contribution in [0.15, 0.2) is 12.1 Å². The molecule has 0 amide bonds. The van der Waals surface area contributed by atoms with Crippen LogP contribution in [0.2, 0.25) is 0 Å². The van der Waals surface area contributed by atoms with E-state index in [1.165, 1.54) is 6.07 Å². The van der Waals surface area contributed by atoms with Crippen LogP contribution in [0.25, 0.3) is 0 Å². The Balaban J connectivity index is 2.38. The number of ether oxygens (including phenoxy) is 1. The standard InChI is InChI=1S/C12H12F2O2/c1-2-16-12-9(13)6-5-8(10(12)14)11(15)7-3-4-7/h5-7H,2-4H2,1H3. The van der Waals surface area contributed by atoms with Gasteiger partial charge in [0.05, 0.1) is 12.2 Å². The van der Waals surface area contributed by atoms with Gasteiger partial charge in [-0.05, 0) is 31.9 Å². The minimum Gasteiger partial charge on any atom is -0.488 e. The van der Waals surface area contributed by atoms with E-state index in [1.54, 1.807) is 6.92 Å². The van der Waals surface area contributed by atoms with Crippen molar-refractivity contribution in [2.45, 2.75) is 19.8 Å². The summed E-state index contributed by atoms with van der Waals surface area (Å²) in [5, 5.41) is 0. The van der Waals surface area contributed by atoms with E-state index in [0.29, 0.717) is 0 Å². The smallest absolute Gasteiger partial charge is 0.191 e. The highest BCUT2D eigenvalue weighted by Gasteiger charge is 2.33. The first-order valence-corrected chi connectivity index (χ1v) is 5.30. The van der Waals surface area contributed by atoms with Gasteiger partial charge in [0.15, 0.2) is 23.2 Å². The van der Waals surface area contributed by atoms with Gasteiger partial charge in [-0.25, -0.2) is 8.78 Å². The second-order valence-electron chi connectivity index (χ2n) is 3.81. The first-order valence-electron chi connectivity index (χ1n) is 5.30. The Kier molecular flexibility index (Phi) is 2.90. The molecule has 1 aliphatic rings. The quantitative estimate of drug-likeness (QED) is 0.738. The van der Waals surface area contributed by atoms with Gasteiger partial charge in [0, 0.05) is 5.92 Å². The lowest BCUT2D eigenvalue weighted by Gasteiger charge is -2.08. The molecule has 2 rings (SSSR count). The van der Waals surface area contributed by atoms with E-state index in [2.05, 4.69) is 0 Å². The molecule has 1 fully saturated rings. The Morgan fingerprint density at radius 2 is 2.12 bits per heavy atom. The third kappa shape index (κ3) is 1.92. The van der Waals surface area contributed by atoms with Crippen molar-refractivity contribution in [3.05, 3.63) is 29.3 Å². The molecule has 0 aromatic heterocycles. The lowest BCUT2D eigenvalue weighted by atomic mass is 10.1. The number of Topliss-reactive ketones (excluding diaryl/α,β-unsaturated/α-hetero) is 1. The molecule has 4 heteroatoms. The molecular weight excluding hydrogens is 214 g/mol. The van der Waals surface area contributed by atoms with Gasteiger partial charge >= 0.3 is 0 Å². The molecule has 86 valence electrons. The topological polar surface area (TPSA) is 26.3 Å². The molecule has 16 heavy (non-hydrogen) atoms. The lowest BCUT2D eigenvalue weighted by Crippen LogP contribution is -2.08. The van der Waals surface area contributed by atoms with Crippen LogP contribution in [0.5, 0.6) is 5.75 Å². The number of ketones is 1. The molecule has 0 N–H and O–H groups in total. The second kappa shape index (κ2) is 4.20. The van der Waals surface area contributed by atoms with Crippen molar-refractivity contribution in [3.8, 4) is 5.75 Å². The minimum atomic E-state index is -0.876. The fourth-order valence-electron chi connectivity index (χ4n) is 1.56. The predicted octanol–water partition coefficient (Wildman–Crippen LogP) is 2.96. The predicted molar refractivity (Wildman–Crippen MR) is 54.6 cm³/mol. The highest BCUT2D eigenvalue weighted by molar-refractivity contribution is 5.99. The summed E-state index contributed by atoms with van der Waals surface area (Å²) in [5.41, 5.74) is -0.0626.